The van der Waals surface area contributed by atoms with Gasteiger partial charge < -0.3 is 20.1 Å². The van der Waals surface area contributed by atoms with E-state index in [1.54, 1.807) is 32.9 Å². The molecule has 1 rings (SSSR count). The highest BCUT2D eigenvalue weighted by Crippen LogP contribution is 2.17. The van der Waals surface area contributed by atoms with Gasteiger partial charge in [0, 0.05) is 11.6 Å². The number of ether oxygens (including phenoxy) is 1. The zero-order valence-electron chi connectivity index (χ0n) is 12.7. The van der Waals surface area contributed by atoms with Gasteiger partial charge in [-0.25, -0.2) is 9.78 Å². The number of carboxylic acid groups (broad SMARTS) is 1. The maximum atomic E-state index is 12.2. The molecule has 0 fully saturated rings. The van der Waals surface area contributed by atoms with Crippen molar-refractivity contribution >= 4 is 17.7 Å². The lowest BCUT2D eigenvalue weighted by atomic mass is 10.1. The van der Waals surface area contributed by atoms with Crippen LogP contribution in [0.15, 0.2) is 18.3 Å². The van der Waals surface area contributed by atoms with Gasteiger partial charge in [-0.3, -0.25) is 4.79 Å². The molecule has 1 aromatic heterocycles. The highest BCUT2D eigenvalue weighted by atomic mass is 16.5. The maximum Gasteiger partial charge on any atom is 0.323 e. The van der Waals surface area contributed by atoms with E-state index >= 15 is 0 Å². The summed E-state index contributed by atoms with van der Waals surface area (Å²) in [5.41, 5.74) is -0.135. The highest BCUT2D eigenvalue weighted by molar-refractivity contribution is 5.91. The number of carboxylic acids is 1. The Morgan fingerprint density at radius 2 is 2.05 bits per heavy atom. The third-order valence-corrected chi connectivity index (χ3v) is 2.63. The number of nitrogens with one attached hydrogen (secondary N) is 1. The second-order valence-electron chi connectivity index (χ2n) is 5.40. The monoisotopic (exact) mass is 295 g/mol. The van der Waals surface area contributed by atoms with E-state index in [1.807, 2.05) is 6.92 Å². The molecule has 0 radical (unpaired) electrons. The Morgan fingerprint density at radius 3 is 2.48 bits per heavy atom. The van der Waals surface area contributed by atoms with Gasteiger partial charge in [-0.15, -0.1) is 0 Å². The molecule has 7 heteroatoms. The molecule has 0 saturated carbocycles. The van der Waals surface area contributed by atoms with E-state index < -0.39 is 17.5 Å². The van der Waals surface area contributed by atoms with Crippen LogP contribution < -0.4 is 10.1 Å². The first-order chi connectivity index (χ1) is 9.74. The summed E-state index contributed by atoms with van der Waals surface area (Å²) < 4.78 is 5.21. The first-order valence-electron chi connectivity index (χ1n) is 6.63. The summed E-state index contributed by atoms with van der Waals surface area (Å²) in [6, 6.07) is 2.80. The van der Waals surface area contributed by atoms with Crippen LogP contribution in [0.4, 0.5) is 10.5 Å². The Balaban J connectivity index is 2.79. The number of anilines is 1. The minimum absolute atomic E-state index is 0.375. The number of hydrogen-bond acceptors (Lipinski definition) is 4. The standard InChI is InChI=1S/C14H21N3O4/c1-5-21-11-7-6-10(8-15-11)16-13(20)17(9-12(18)19)14(2,3)4/h6-8H,5,9H2,1-4H3,(H,16,20)(H,18,19). The minimum Gasteiger partial charge on any atom is -0.480 e. The molecule has 0 aliphatic carbocycles. The molecule has 0 spiro atoms. The topological polar surface area (TPSA) is 91.8 Å². The average molecular weight is 295 g/mol. The number of pyridine rings is 1. The smallest absolute Gasteiger partial charge is 0.323 e. The van der Waals surface area contributed by atoms with Crippen molar-refractivity contribution in [1.29, 1.82) is 0 Å². The molecule has 0 aliphatic rings. The molecule has 2 amide bonds. The van der Waals surface area contributed by atoms with Gasteiger partial charge in [0.05, 0.1) is 18.5 Å². The van der Waals surface area contributed by atoms with Crippen molar-refractivity contribution in [2.45, 2.75) is 33.2 Å². The number of nitrogens with zero attached hydrogens (tertiary/aromatic N) is 2. The fraction of sp³-hybridized carbons (Fsp3) is 0.500. The summed E-state index contributed by atoms with van der Waals surface area (Å²) in [6.07, 6.45) is 1.46. The molecule has 21 heavy (non-hydrogen) atoms. The Morgan fingerprint density at radius 1 is 1.38 bits per heavy atom. The summed E-state index contributed by atoms with van der Waals surface area (Å²) in [6.45, 7) is 7.29. The predicted molar refractivity (Wildman–Crippen MR) is 78.5 cm³/mol. The van der Waals surface area contributed by atoms with Crippen molar-refractivity contribution in [2.75, 3.05) is 18.5 Å². The molecule has 0 aliphatic heterocycles. The third kappa shape index (κ3) is 5.29. The summed E-state index contributed by atoms with van der Waals surface area (Å²) in [7, 11) is 0. The van der Waals surface area contributed by atoms with Gasteiger partial charge in [0.1, 0.15) is 6.54 Å². The number of hydrogen-bond donors (Lipinski definition) is 2. The fourth-order valence-electron chi connectivity index (χ4n) is 1.63. The van der Waals surface area contributed by atoms with Crippen LogP contribution in [0.5, 0.6) is 5.88 Å². The molecule has 0 aromatic carbocycles. The second-order valence-corrected chi connectivity index (χ2v) is 5.40. The number of carbonyl (C=O) groups excluding carboxylic acids is 1. The molecule has 116 valence electrons. The number of urea groups is 1. The van der Waals surface area contributed by atoms with Gasteiger partial charge in [-0.1, -0.05) is 0 Å². The van der Waals surface area contributed by atoms with Gasteiger partial charge >= 0.3 is 12.0 Å². The Hall–Kier alpha value is -2.31. The molecule has 0 saturated heterocycles. The Bertz CT molecular complexity index is 494. The lowest BCUT2D eigenvalue weighted by Crippen LogP contribution is -2.50. The van der Waals surface area contributed by atoms with Crippen molar-refractivity contribution < 1.29 is 19.4 Å². The molecular weight excluding hydrogens is 274 g/mol. The predicted octanol–water partition coefficient (Wildman–Crippen LogP) is 2.20. The van der Waals surface area contributed by atoms with E-state index in [-0.39, 0.29) is 6.54 Å². The van der Waals surface area contributed by atoms with Crippen LogP contribution in [0, 0.1) is 0 Å². The lowest BCUT2D eigenvalue weighted by Gasteiger charge is -2.34. The van der Waals surface area contributed by atoms with Gasteiger partial charge in [-0.2, -0.15) is 0 Å². The average Bonchev–Trinajstić information content (AvgIpc) is 2.37. The first-order valence-corrected chi connectivity index (χ1v) is 6.63. The lowest BCUT2D eigenvalue weighted by molar-refractivity contribution is -0.138. The molecule has 1 heterocycles. The normalized spacial score (nSPS) is 10.9. The van der Waals surface area contributed by atoms with Crippen LogP contribution in [0.3, 0.4) is 0 Å². The van der Waals surface area contributed by atoms with E-state index in [0.29, 0.717) is 18.2 Å². The van der Waals surface area contributed by atoms with Crippen LogP contribution in [-0.2, 0) is 4.79 Å². The molecular formula is C14H21N3O4. The molecule has 0 atom stereocenters. The minimum atomic E-state index is -1.06. The van der Waals surface area contributed by atoms with Crippen molar-refractivity contribution in [3.8, 4) is 5.88 Å². The molecule has 0 bridgehead atoms. The summed E-state index contributed by atoms with van der Waals surface area (Å²) in [4.78, 5) is 28.4. The van der Waals surface area contributed by atoms with E-state index in [9.17, 15) is 9.59 Å². The van der Waals surface area contributed by atoms with E-state index in [2.05, 4.69) is 10.3 Å². The van der Waals surface area contributed by atoms with Crippen molar-refractivity contribution in [3.05, 3.63) is 18.3 Å². The van der Waals surface area contributed by atoms with Crippen molar-refractivity contribution in [3.63, 3.8) is 0 Å². The van der Waals surface area contributed by atoms with Crippen LogP contribution in [-0.4, -0.2) is 45.7 Å². The van der Waals surface area contributed by atoms with Gasteiger partial charge in [0.25, 0.3) is 0 Å². The Kier molecular flexibility index (Phi) is 5.52. The van der Waals surface area contributed by atoms with Gasteiger partial charge in [0.2, 0.25) is 5.88 Å². The number of amides is 2. The van der Waals surface area contributed by atoms with E-state index in [1.165, 1.54) is 11.1 Å². The van der Waals surface area contributed by atoms with Crippen LogP contribution >= 0.6 is 0 Å². The first kappa shape index (κ1) is 16.7. The van der Waals surface area contributed by atoms with E-state index in [4.69, 9.17) is 9.84 Å². The molecule has 7 nitrogen and oxygen atoms in total. The van der Waals surface area contributed by atoms with Crippen LogP contribution in [0.1, 0.15) is 27.7 Å². The van der Waals surface area contributed by atoms with Crippen LogP contribution in [0.25, 0.3) is 0 Å². The zero-order chi connectivity index (χ0) is 16.0. The van der Waals surface area contributed by atoms with Crippen LogP contribution in [0.2, 0.25) is 0 Å². The molecule has 0 unspecified atom stereocenters. The fourth-order valence-corrected chi connectivity index (χ4v) is 1.63. The second kappa shape index (κ2) is 6.92. The van der Waals surface area contributed by atoms with E-state index in [0.717, 1.165) is 0 Å². The third-order valence-electron chi connectivity index (χ3n) is 2.63. The van der Waals surface area contributed by atoms with Gasteiger partial charge in [-0.05, 0) is 33.8 Å². The van der Waals surface area contributed by atoms with Crippen molar-refractivity contribution in [1.82, 2.24) is 9.88 Å². The maximum absolute atomic E-state index is 12.2. The van der Waals surface area contributed by atoms with Gasteiger partial charge in [0.15, 0.2) is 0 Å². The molecule has 1 aromatic rings. The number of rotatable bonds is 5. The largest absolute Gasteiger partial charge is 0.480 e. The SMILES string of the molecule is CCOc1ccc(NC(=O)N(CC(=O)O)C(C)(C)C)cn1. The summed E-state index contributed by atoms with van der Waals surface area (Å²) >= 11 is 0. The summed E-state index contributed by atoms with van der Waals surface area (Å²) in [5.74, 6) is -0.599. The number of aliphatic carboxylic acids is 1. The number of carbonyl (C=O) groups is 2. The highest BCUT2D eigenvalue weighted by Gasteiger charge is 2.28. The zero-order valence-corrected chi connectivity index (χ0v) is 12.7. The quantitative estimate of drug-likeness (QED) is 0.868. The number of aromatic nitrogens is 1. The Labute approximate surface area is 123 Å². The molecule has 2 N–H and O–H groups in total. The van der Waals surface area contributed by atoms with Crippen molar-refractivity contribution in [2.24, 2.45) is 0 Å². The summed E-state index contributed by atoms with van der Waals surface area (Å²) in [5, 5.41) is 11.5.